The number of carbonyl (C=O) groups is 2. The summed E-state index contributed by atoms with van der Waals surface area (Å²) in [5.74, 6) is 0.117. The fourth-order valence-electron chi connectivity index (χ4n) is 4.66. The van der Waals surface area contributed by atoms with Crippen molar-refractivity contribution in [2.24, 2.45) is 5.73 Å². The van der Waals surface area contributed by atoms with Crippen LogP contribution in [-0.4, -0.2) is 42.3 Å². The fourth-order valence-corrected chi connectivity index (χ4v) is 4.66. The molecule has 1 aliphatic carbocycles. The summed E-state index contributed by atoms with van der Waals surface area (Å²) in [5.41, 5.74) is 9.66. The number of aryl methyl sites for hydroxylation is 2. The van der Waals surface area contributed by atoms with Gasteiger partial charge >= 0.3 is 0 Å². The molecule has 2 fully saturated rings. The van der Waals surface area contributed by atoms with Crippen molar-refractivity contribution in [3.8, 4) is 11.1 Å². The molecule has 1 aromatic heterocycles. The molecule has 4 rings (SSSR count). The van der Waals surface area contributed by atoms with Gasteiger partial charge in [-0.25, -0.2) is 0 Å². The molecule has 2 aliphatic rings. The maximum Gasteiger partial charge on any atom is 0.240 e. The molecule has 0 bridgehead atoms. The molecule has 1 aliphatic heterocycles. The molecule has 2 amide bonds. The highest BCUT2D eigenvalue weighted by Gasteiger charge is 2.38. The van der Waals surface area contributed by atoms with E-state index in [1.165, 1.54) is 0 Å². The van der Waals surface area contributed by atoms with Gasteiger partial charge in [0.25, 0.3) is 0 Å². The molecule has 3 atom stereocenters. The first-order chi connectivity index (χ1) is 14.4. The highest BCUT2D eigenvalue weighted by atomic mass is 16.5. The van der Waals surface area contributed by atoms with Crippen molar-refractivity contribution in [3.05, 3.63) is 29.7 Å². The third-order valence-corrected chi connectivity index (χ3v) is 6.20. The van der Waals surface area contributed by atoms with E-state index in [0.29, 0.717) is 24.3 Å². The smallest absolute Gasteiger partial charge is 0.240 e. The van der Waals surface area contributed by atoms with E-state index in [2.05, 4.69) is 10.5 Å². The van der Waals surface area contributed by atoms with Crippen LogP contribution in [0.3, 0.4) is 0 Å². The predicted molar refractivity (Wildman–Crippen MR) is 113 cm³/mol. The minimum atomic E-state index is -0.645. The summed E-state index contributed by atoms with van der Waals surface area (Å²) in [5, 5.41) is 7.61. The van der Waals surface area contributed by atoms with Gasteiger partial charge < -0.3 is 20.3 Å². The molecule has 160 valence electrons. The Hall–Kier alpha value is -2.87. The van der Waals surface area contributed by atoms with E-state index in [4.69, 9.17) is 15.0 Å². The second-order valence-electron chi connectivity index (χ2n) is 8.16. The van der Waals surface area contributed by atoms with Gasteiger partial charge in [-0.05, 0) is 57.2 Å². The molecule has 1 saturated carbocycles. The molecular weight excluding hydrogens is 384 g/mol. The van der Waals surface area contributed by atoms with Gasteiger partial charge in [-0.15, -0.1) is 0 Å². The van der Waals surface area contributed by atoms with Crippen molar-refractivity contribution < 1.29 is 18.8 Å². The number of benzene rings is 1. The van der Waals surface area contributed by atoms with Crippen LogP contribution in [0, 0.1) is 13.8 Å². The maximum absolute atomic E-state index is 12.7. The Bertz CT molecular complexity index is 951. The lowest BCUT2D eigenvalue weighted by Gasteiger charge is -2.27. The number of nitrogens with two attached hydrogens (primary N) is 1. The van der Waals surface area contributed by atoms with E-state index in [1.807, 2.05) is 32.0 Å². The van der Waals surface area contributed by atoms with Crippen LogP contribution in [-0.2, 0) is 14.3 Å². The van der Waals surface area contributed by atoms with Gasteiger partial charge in [0.05, 0.1) is 23.2 Å². The van der Waals surface area contributed by atoms with Gasteiger partial charge in [0, 0.05) is 25.1 Å². The summed E-state index contributed by atoms with van der Waals surface area (Å²) < 4.78 is 10.8. The Morgan fingerprint density at radius 1 is 1.30 bits per heavy atom. The number of nitrogens with zero attached hydrogens (tertiary/aromatic N) is 2. The Balaban J connectivity index is 1.76. The summed E-state index contributed by atoms with van der Waals surface area (Å²) in [4.78, 5) is 26.4. The van der Waals surface area contributed by atoms with Gasteiger partial charge in [0.15, 0.2) is 0 Å². The number of rotatable bonds is 6. The lowest BCUT2D eigenvalue weighted by molar-refractivity contribution is -0.121. The molecule has 0 radical (unpaired) electrons. The van der Waals surface area contributed by atoms with E-state index < -0.39 is 11.9 Å². The zero-order chi connectivity index (χ0) is 21.4. The third kappa shape index (κ3) is 3.67. The van der Waals surface area contributed by atoms with E-state index in [-0.39, 0.29) is 18.1 Å². The van der Waals surface area contributed by atoms with Gasteiger partial charge in [-0.1, -0.05) is 11.2 Å². The van der Waals surface area contributed by atoms with Crippen molar-refractivity contribution in [1.82, 2.24) is 5.16 Å². The normalized spacial score (nSPS) is 23.9. The van der Waals surface area contributed by atoms with E-state index in [9.17, 15) is 9.59 Å². The Morgan fingerprint density at radius 2 is 2.10 bits per heavy atom. The van der Waals surface area contributed by atoms with Crippen molar-refractivity contribution >= 4 is 23.2 Å². The standard InChI is InChI=1S/C22H28N4O4/c1-12-21(13(2)30-25-12)14-4-7-17(24-15-5-6-16(11-15)29-3)19(10-14)26-18(22(23)28)8-9-20(26)27/h4,7,10,15-16,18,24H,5-6,8-9,11H2,1-3H3,(H2,23,28)/t15-,16-,18?/m1/s1. The molecule has 2 aromatic rings. The van der Waals surface area contributed by atoms with Crippen molar-refractivity contribution in [1.29, 1.82) is 0 Å². The zero-order valence-corrected chi connectivity index (χ0v) is 17.6. The van der Waals surface area contributed by atoms with E-state index in [0.717, 1.165) is 41.8 Å². The summed E-state index contributed by atoms with van der Waals surface area (Å²) in [6, 6.07) is 5.47. The number of aromatic nitrogens is 1. The number of primary amides is 1. The van der Waals surface area contributed by atoms with Crippen LogP contribution in [0.15, 0.2) is 22.7 Å². The number of hydrogen-bond acceptors (Lipinski definition) is 6. The zero-order valence-electron chi connectivity index (χ0n) is 17.6. The number of anilines is 2. The van der Waals surface area contributed by atoms with Crippen molar-refractivity contribution in [2.75, 3.05) is 17.3 Å². The largest absolute Gasteiger partial charge is 0.381 e. The van der Waals surface area contributed by atoms with Crippen LogP contribution in [0.25, 0.3) is 11.1 Å². The molecule has 2 heterocycles. The molecule has 3 N–H and O–H groups in total. The minimum Gasteiger partial charge on any atom is -0.381 e. The van der Waals surface area contributed by atoms with Crippen molar-refractivity contribution in [3.63, 3.8) is 0 Å². The summed E-state index contributed by atoms with van der Waals surface area (Å²) in [6.45, 7) is 3.74. The molecule has 1 aromatic carbocycles. The molecule has 1 unspecified atom stereocenters. The quantitative estimate of drug-likeness (QED) is 0.755. The van der Waals surface area contributed by atoms with E-state index >= 15 is 0 Å². The summed E-state index contributed by atoms with van der Waals surface area (Å²) in [6.07, 6.45) is 3.84. The van der Waals surface area contributed by atoms with Gasteiger partial charge in [-0.2, -0.15) is 0 Å². The monoisotopic (exact) mass is 412 g/mol. The van der Waals surface area contributed by atoms with Gasteiger partial charge in [-0.3, -0.25) is 14.5 Å². The Morgan fingerprint density at radius 3 is 2.73 bits per heavy atom. The average Bonchev–Trinajstić information content (AvgIpc) is 3.41. The number of nitrogens with one attached hydrogen (secondary N) is 1. The number of hydrogen-bond donors (Lipinski definition) is 2. The average molecular weight is 412 g/mol. The number of carbonyl (C=O) groups excluding carboxylic acids is 2. The first-order valence-electron chi connectivity index (χ1n) is 10.4. The highest BCUT2D eigenvalue weighted by Crippen LogP contribution is 2.39. The SMILES string of the molecule is CO[C@@H]1CC[C@@H](Nc2ccc(-c3c(C)noc3C)cc2N2C(=O)CCC2C(N)=O)C1. The fraction of sp³-hybridized carbons (Fsp3) is 0.500. The van der Waals surface area contributed by atoms with Crippen LogP contribution in [0.1, 0.15) is 43.6 Å². The van der Waals surface area contributed by atoms with Crippen molar-refractivity contribution in [2.45, 2.75) is 64.1 Å². The molecular formula is C22H28N4O4. The lowest BCUT2D eigenvalue weighted by Crippen LogP contribution is -2.42. The van der Waals surface area contributed by atoms with Crippen LogP contribution < -0.4 is 16.0 Å². The Labute approximate surface area is 175 Å². The number of methoxy groups -OCH3 is 1. The third-order valence-electron chi connectivity index (χ3n) is 6.20. The molecule has 8 nitrogen and oxygen atoms in total. The van der Waals surface area contributed by atoms with Crippen LogP contribution in [0.5, 0.6) is 0 Å². The molecule has 0 spiro atoms. The number of amides is 2. The van der Waals surface area contributed by atoms with Crippen LogP contribution >= 0.6 is 0 Å². The summed E-state index contributed by atoms with van der Waals surface area (Å²) >= 11 is 0. The predicted octanol–water partition coefficient (Wildman–Crippen LogP) is 2.92. The second-order valence-corrected chi connectivity index (χ2v) is 8.16. The highest BCUT2D eigenvalue weighted by molar-refractivity contribution is 6.06. The first kappa shape index (κ1) is 20.4. The lowest BCUT2D eigenvalue weighted by atomic mass is 10.0. The van der Waals surface area contributed by atoms with Gasteiger partial charge in [0.2, 0.25) is 11.8 Å². The maximum atomic E-state index is 12.7. The Kier molecular flexibility index (Phi) is 5.51. The topological polar surface area (TPSA) is 111 Å². The molecule has 30 heavy (non-hydrogen) atoms. The molecule has 1 saturated heterocycles. The minimum absolute atomic E-state index is 0.0982. The second kappa shape index (κ2) is 8.10. The number of ether oxygens (including phenoxy) is 1. The van der Waals surface area contributed by atoms with Crippen LogP contribution in [0.4, 0.5) is 11.4 Å². The van der Waals surface area contributed by atoms with Gasteiger partial charge in [0.1, 0.15) is 11.8 Å². The molecule has 8 heteroatoms. The van der Waals surface area contributed by atoms with E-state index in [1.54, 1.807) is 12.0 Å². The van der Waals surface area contributed by atoms with Crippen LogP contribution in [0.2, 0.25) is 0 Å². The summed E-state index contributed by atoms with van der Waals surface area (Å²) in [7, 11) is 1.73. The first-order valence-corrected chi connectivity index (χ1v) is 10.4.